The molecule has 33 heavy (non-hydrogen) atoms. The van der Waals surface area contributed by atoms with Gasteiger partial charge in [-0.05, 0) is 60.0 Å². The van der Waals surface area contributed by atoms with Crippen LogP contribution < -0.4 is 10.5 Å². The minimum absolute atomic E-state index is 0.0693. The van der Waals surface area contributed by atoms with Gasteiger partial charge in [0.1, 0.15) is 11.4 Å². The minimum Gasteiger partial charge on any atom is -0.496 e. The molecule has 1 aromatic rings. The lowest BCUT2D eigenvalue weighted by molar-refractivity contribution is 0.0229. The molecule has 0 radical (unpaired) electrons. The number of amides is 1. The van der Waals surface area contributed by atoms with Crippen molar-refractivity contribution in [3.63, 3.8) is 0 Å². The Balaban J connectivity index is 2.20. The molecule has 0 unspecified atom stereocenters. The van der Waals surface area contributed by atoms with E-state index in [2.05, 4.69) is 22.0 Å². The number of hydrogen-bond acceptors (Lipinski definition) is 7. The highest BCUT2D eigenvalue weighted by Crippen LogP contribution is 2.53. The van der Waals surface area contributed by atoms with Crippen molar-refractivity contribution in [3.05, 3.63) is 51.2 Å². The predicted molar refractivity (Wildman–Crippen MR) is 123 cm³/mol. The molecular weight excluding hydrogens is 486 g/mol. The second-order valence-electron chi connectivity index (χ2n) is 8.94. The number of nitrogens with zero attached hydrogens (tertiary/aromatic N) is 4. The van der Waals surface area contributed by atoms with Gasteiger partial charge in [-0.3, -0.25) is 0 Å². The van der Waals surface area contributed by atoms with E-state index in [4.69, 9.17) is 15.2 Å². The molecule has 0 spiro atoms. The van der Waals surface area contributed by atoms with Crippen molar-refractivity contribution in [2.24, 2.45) is 17.1 Å². The predicted octanol–water partition coefficient (Wildman–Crippen LogP) is 4.12. The Hall–Kier alpha value is -3.48. The summed E-state index contributed by atoms with van der Waals surface area (Å²) in [5, 5.41) is 30.0. The van der Waals surface area contributed by atoms with Gasteiger partial charge in [0.25, 0.3) is 0 Å². The van der Waals surface area contributed by atoms with Gasteiger partial charge in [0.2, 0.25) is 5.41 Å². The average Bonchev–Trinajstić information content (AvgIpc) is 2.77. The summed E-state index contributed by atoms with van der Waals surface area (Å²) in [7, 11) is 1.55. The van der Waals surface area contributed by atoms with E-state index in [1.165, 1.54) is 4.90 Å². The first-order chi connectivity index (χ1) is 15.5. The van der Waals surface area contributed by atoms with Gasteiger partial charge in [0.15, 0.2) is 0 Å². The zero-order chi connectivity index (χ0) is 24.6. The SMILES string of the molecule is COc1ccc([C@@H]2C(C#N)=C(N)C(C#N)(C#N)C3=CCN(C(=O)OC(C)(C)C)C[C@@H]32)cc1Br. The maximum atomic E-state index is 12.8. The van der Waals surface area contributed by atoms with Gasteiger partial charge >= 0.3 is 6.09 Å². The van der Waals surface area contributed by atoms with Crippen molar-refractivity contribution in [2.45, 2.75) is 32.3 Å². The number of nitriles is 3. The number of methoxy groups -OCH3 is 1. The molecule has 0 fully saturated rings. The van der Waals surface area contributed by atoms with Crippen LogP contribution >= 0.6 is 15.9 Å². The lowest BCUT2D eigenvalue weighted by Crippen LogP contribution is -2.49. The summed E-state index contributed by atoms with van der Waals surface area (Å²) in [6.45, 7) is 5.67. The zero-order valence-corrected chi connectivity index (χ0v) is 20.4. The molecule has 0 saturated carbocycles. The van der Waals surface area contributed by atoms with Crippen LogP contribution in [0.1, 0.15) is 32.3 Å². The summed E-state index contributed by atoms with van der Waals surface area (Å²) < 4.78 is 11.5. The lowest BCUT2D eigenvalue weighted by Gasteiger charge is -2.45. The van der Waals surface area contributed by atoms with E-state index in [9.17, 15) is 20.6 Å². The Kier molecular flexibility index (Phi) is 6.45. The van der Waals surface area contributed by atoms with E-state index < -0.39 is 28.9 Å². The fourth-order valence-corrected chi connectivity index (χ4v) is 4.93. The highest BCUT2D eigenvalue weighted by molar-refractivity contribution is 9.10. The molecule has 1 aliphatic carbocycles. The van der Waals surface area contributed by atoms with Crippen molar-refractivity contribution in [1.29, 1.82) is 15.8 Å². The third-order valence-corrected chi connectivity index (χ3v) is 6.45. The number of carbonyl (C=O) groups is 1. The van der Waals surface area contributed by atoms with Crippen LogP contribution in [0, 0.1) is 45.3 Å². The van der Waals surface area contributed by atoms with Crippen LogP contribution in [0.15, 0.2) is 45.6 Å². The third-order valence-electron chi connectivity index (χ3n) is 5.83. The second kappa shape index (κ2) is 8.81. The highest BCUT2D eigenvalue weighted by atomic mass is 79.9. The molecule has 2 atom stereocenters. The van der Waals surface area contributed by atoms with Crippen LogP contribution in [0.2, 0.25) is 0 Å². The minimum atomic E-state index is -1.77. The Labute approximate surface area is 201 Å². The number of rotatable bonds is 2. The third kappa shape index (κ3) is 4.15. The zero-order valence-electron chi connectivity index (χ0n) is 18.8. The van der Waals surface area contributed by atoms with Crippen LogP contribution in [-0.4, -0.2) is 36.8 Å². The van der Waals surface area contributed by atoms with Crippen molar-refractivity contribution < 1.29 is 14.3 Å². The highest BCUT2D eigenvalue weighted by Gasteiger charge is 2.53. The number of allylic oxidation sites excluding steroid dienone is 2. The van der Waals surface area contributed by atoms with E-state index in [0.29, 0.717) is 15.8 Å². The molecule has 8 nitrogen and oxygen atoms in total. The molecule has 9 heteroatoms. The standard InChI is InChI=1S/C24H24BrN5O3/c1-23(2,3)33-22(31)30-8-7-17-16(11-30)20(14-5-6-19(32-4)18(25)9-14)15(10-26)21(29)24(17,12-27)13-28/h5-7,9,16,20H,8,11,29H2,1-4H3/t16-,20+/m0/s1. The molecular formula is C24H24BrN5O3. The molecule has 1 heterocycles. The molecule has 170 valence electrons. The van der Waals surface area contributed by atoms with Crippen molar-refractivity contribution in [3.8, 4) is 24.0 Å². The second-order valence-corrected chi connectivity index (χ2v) is 9.79. The first-order valence-electron chi connectivity index (χ1n) is 10.3. The molecule has 1 aromatic carbocycles. The summed E-state index contributed by atoms with van der Waals surface area (Å²) in [5.74, 6) is -0.473. The van der Waals surface area contributed by atoms with Crippen LogP contribution in [0.4, 0.5) is 4.79 Å². The van der Waals surface area contributed by atoms with Gasteiger partial charge < -0.3 is 20.1 Å². The summed E-state index contributed by atoms with van der Waals surface area (Å²) in [4.78, 5) is 14.3. The molecule has 1 aliphatic heterocycles. The fourth-order valence-electron chi connectivity index (χ4n) is 4.37. The van der Waals surface area contributed by atoms with Gasteiger partial charge in [-0.1, -0.05) is 12.1 Å². The molecule has 3 rings (SSSR count). The molecule has 2 N–H and O–H groups in total. The first-order valence-corrected chi connectivity index (χ1v) is 11.1. The van der Waals surface area contributed by atoms with Crippen LogP contribution in [0.3, 0.4) is 0 Å². The number of benzene rings is 1. The van der Waals surface area contributed by atoms with Crippen LogP contribution in [-0.2, 0) is 4.74 Å². The number of fused-ring (bicyclic) bond motifs is 1. The van der Waals surface area contributed by atoms with E-state index in [-0.39, 0.29) is 24.4 Å². The van der Waals surface area contributed by atoms with Crippen molar-refractivity contribution >= 4 is 22.0 Å². The quantitative estimate of drug-likeness (QED) is 0.591. The average molecular weight is 510 g/mol. The topological polar surface area (TPSA) is 136 Å². The molecule has 0 bridgehead atoms. The van der Waals surface area contributed by atoms with E-state index in [0.717, 1.165) is 5.56 Å². The lowest BCUT2D eigenvalue weighted by atomic mass is 9.60. The number of ether oxygens (including phenoxy) is 2. The van der Waals surface area contributed by atoms with Gasteiger partial charge in [0, 0.05) is 24.9 Å². The summed E-state index contributed by atoms with van der Waals surface area (Å²) >= 11 is 3.48. The van der Waals surface area contributed by atoms with Gasteiger partial charge in [0.05, 0.1) is 41.1 Å². The summed E-state index contributed by atoms with van der Waals surface area (Å²) in [6.07, 6.45) is 1.19. The van der Waals surface area contributed by atoms with E-state index in [1.807, 2.05) is 24.3 Å². The molecule has 2 aliphatic rings. The summed E-state index contributed by atoms with van der Waals surface area (Å²) in [5.41, 5.74) is 5.19. The maximum Gasteiger partial charge on any atom is 0.410 e. The Morgan fingerprint density at radius 1 is 1.27 bits per heavy atom. The van der Waals surface area contributed by atoms with Crippen molar-refractivity contribution in [1.82, 2.24) is 4.90 Å². The maximum absolute atomic E-state index is 12.8. The fraction of sp³-hybridized carbons (Fsp3) is 0.417. The van der Waals surface area contributed by atoms with Crippen LogP contribution in [0.5, 0.6) is 5.75 Å². The smallest absolute Gasteiger partial charge is 0.410 e. The number of nitrogens with two attached hydrogens (primary N) is 1. The largest absolute Gasteiger partial charge is 0.496 e. The monoisotopic (exact) mass is 509 g/mol. The molecule has 0 saturated heterocycles. The van der Waals surface area contributed by atoms with E-state index >= 15 is 0 Å². The van der Waals surface area contributed by atoms with Gasteiger partial charge in [-0.25, -0.2) is 4.79 Å². The number of hydrogen-bond donors (Lipinski definition) is 1. The van der Waals surface area contributed by atoms with E-state index in [1.54, 1.807) is 40.0 Å². The van der Waals surface area contributed by atoms with Gasteiger partial charge in [-0.2, -0.15) is 15.8 Å². The number of carbonyl (C=O) groups excluding carboxylic acids is 1. The summed E-state index contributed by atoms with van der Waals surface area (Å²) in [6, 6.07) is 11.6. The normalized spacial score (nSPS) is 21.6. The van der Waals surface area contributed by atoms with Gasteiger partial charge in [-0.15, -0.1) is 0 Å². The molecule has 1 amide bonds. The Bertz CT molecular complexity index is 1160. The van der Waals surface area contributed by atoms with Crippen molar-refractivity contribution in [2.75, 3.05) is 20.2 Å². The molecule has 0 aromatic heterocycles. The Morgan fingerprint density at radius 2 is 1.94 bits per heavy atom. The Morgan fingerprint density at radius 3 is 2.45 bits per heavy atom. The van der Waals surface area contributed by atoms with Crippen LogP contribution in [0.25, 0.3) is 0 Å². The first kappa shape index (κ1) is 24.2. The number of halogens is 1.